The van der Waals surface area contributed by atoms with E-state index in [1.165, 1.54) is 154 Å². The number of aliphatic hydroxyl groups excluding tert-OH is 5. The molecule has 0 aromatic carbocycles. The summed E-state index contributed by atoms with van der Waals surface area (Å²) in [6.07, 6.45) is 40.8. The molecule has 1 rings (SSSR count). The van der Waals surface area contributed by atoms with Crippen molar-refractivity contribution in [2.75, 3.05) is 33.0 Å². The van der Waals surface area contributed by atoms with Crippen LogP contribution in [0.5, 0.6) is 0 Å². The highest BCUT2D eigenvalue weighted by molar-refractivity contribution is 5.02. The Morgan fingerprint density at radius 2 is 0.596 bits per heavy atom. The number of hydrogen-bond donors (Lipinski definition) is 5. The van der Waals surface area contributed by atoms with Gasteiger partial charge in [0, 0.05) is 33.0 Å². The second-order valence-corrected chi connectivity index (χ2v) is 15.6. The molecule has 0 bridgehead atoms. The summed E-state index contributed by atoms with van der Waals surface area (Å²) >= 11 is 0. The van der Waals surface area contributed by atoms with Crippen LogP contribution in [0.4, 0.5) is 0 Å². The maximum atomic E-state index is 10.4. The van der Waals surface area contributed by atoms with E-state index in [1.54, 1.807) is 0 Å². The molecule has 1 fully saturated rings. The van der Waals surface area contributed by atoms with Crippen molar-refractivity contribution in [3.63, 3.8) is 0 Å². The molecule has 5 N–H and O–H groups in total. The minimum absolute atomic E-state index is 0.0283. The van der Waals surface area contributed by atoms with Crippen molar-refractivity contribution in [3.8, 4) is 0 Å². The molecule has 1 aliphatic rings. The minimum Gasteiger partial charge on any atom is -0.396 e. The Hall–Kier alpha value is -0.200. The normalized spacial score (nSPS) is 24.1. The van der Waals surface area contributed by atoms with Crippen LogP contribution in [0, 0.1) is 16.7 Å². The highest BCUT2D eigenvalue weighted by Gasteiger charge is 2.52. The van der Waals surface area contributed by atoms with Gasteiger partial charge >= 0.3 is 0 Å². The molecule has 0 aromatic rings. The van der Waals surface area contributed by atoms with Gasteiger partial charge in [0.25, 0.3) is 0 Å². The first kappa shape index (κ1) is 44.8. The van der Waals surface area contributed by atoms with Gasteiger partial charge < -0.3 is 25.5 Å². The molecule has 5 heteroatoms. The summed E-state index contributed by atoms with van der Waals surface area (Å²) in [6.45, 7) is 0.244. The van der Waals surface area contributed by atoms with Crippen molar-refractivity contribution in [2.45, 2.75) is 218 Å². The Morgan fingerprint density at radius 3 is 0.872 bits per heavy atom. The van der Waals surface area contributed by atoms with Crippen LogP contribution in [0.15, 0.2) is 0 Å². The zero-order valence-corrected chi connectivity index (χ0v) is 31.4. The molecule has 0 saturated heterocycles. The van der Waals surface area contributed by atoms with E-state index in [0.717, 1.165) is 32.1 Å². The molecule has 47 heavy (non-hydrogen) atoms. The van der Waals surface area contributed by atoms with Crippen molar-refractivity contribution >= 4 is 0 Å². The van der Waals surface area contributed by atoms with Gasteiger partial charge in [-0.05, 0) is 61.7 Å². The smallest absolute Gasteiger partial charge is 0.0436 e. The molecule has 0 aromatic heterocycles. The molecule has 5 nitrogen and oxygen atoms in total. The lowest BCUT2D eigenvalue weighted by molar-refractivity contribution is -0.100. The van der Waals surface area contributed by atoms with E-state index in [4.69, 9.17) is 0 Å². The van der Waals surface area contributed by atoms with Gasteiger partial charge in [-0.2, -0.15) is 0 Å². The Bertz CT molecular complexity index is 629. The van der Waals surface area contributed by atoms with Crippen LogP contribution in [-0.2, 0) is 0 Å². The number of rotatable bonds is 10. The lowest BCUT2D eigenvalue weighted by Gasteiger charge is -2.56. The topological polar surface area (TPSA) is 101 Å². The van der Waals surface area contributed by atoms with Crippen LogP contribution in [0.1, 0.15) is 218 Å². The van der Waals surface area contributed by atoms with Crippen LogP contribution in [0.3, 0.4) is 0 Å². The molecule has 0 heterocycles. The molecule has 1 atom stereocenters. The fourth-order valence-electron chi connectivity index (χ4n) is 9.57. The molecule has 0 radical (unpaired) electrons. The largest absolute Gasteiger partial charge is 0.396 e. The van der Waals surface area contributed by atoms with Gasteiger partial charge in [-0.3, -0.25) is 0 Å². The van der Waals surface area contributed by atoms with E-state index in [-0.39, 0.29) is 44.4 Å². The predicted molar refractivity (Wildman–Crippen MR) is 201 cm³/mol. The van der Waals surface area contributed by atoms with E-state index >= 15 is 0 Å². The van der Waals surface area contributed by atoms with E-state index in [2.05, 4.69) is 0 Å². The van der Waals surface area contributed by atoms with Crippen LogP contribution in [0.25, 0.3) is 0 Å². The van der Waals surface area contributed by atoms with Crippen LogP contribution >= 0.6 is 0 Å². The molecule has 1 aliphatic carbocycles. The Labute approximate surface area is 293 Å². The Kier molecular flexibility index (Phi) is 30.3. The lowest BCUT2D eigenvalue weighted by atomic mass is 9.49. The van der Waals surface area contributed by atoms with E-state index in [0.29, 0.717) is 32.1 Å². The third-order valence-electron chi connectivity index (χ3n) is 12.3. The molecule has 0 spiro atoms. The van der Waals surface area contributed by atoms with Crippen LogP contribution in [-0.4, -0.2) is 58.6 Å². The summed E-state index contributed by atoms with van der Waals surface area (Å²) in [5, 5.41) is 51.9. The van der Waals surface area contributed by atoms with Crippen molar-refractivity contribution < 1.29 is 25.5 Å². The molecule has 1 unspecified atom stereocenters. The number of hydrogen-bond acceptors (Lipinski definition) is 5. The van der Waals surface area contributed by atoms with Crippen molar-refractivity contribution in [1.82, 2.24) is 0 Å². The van der Waals surface area contributed by atoms with Crippen LogP contribution < -0.4 is 0 Å². The van der Waals surface area contributed by atoms with Gasteiger partial charge in [-0.15, -0.1) is 0 Å². The fraction of sp³-hybridized carbons (Fsp3) is 1.00. The summed E-state index contributed by atoms with van der Waals surface area (Å²) in [7, 11) is 0. The van der Waals surface area contributed by atoms with Gasteiger partial charge in [-0.25, -0.2) is 0 Å². The first-order valence-corrected chi connectivity index (χ1v) is 21.2. The van der Waals surface area contributed by atoms with Gasteiger partial charge in [0.2, 0.25) is 0 Å². The summed E-state index contributed by atoms with van der Waals surface area (Å²) in [6, 6.07) is 0. The summed E-state index contributed by atoms with van der Waals surface area (Å²) in [5.41, 5.74) is -0.774. The van der Waals surface area contributed by atoms with Crippen molar-refractivity contribution in [1.29, 1.82) is 0 Å². The predicted octanol–water partition coefficient (Wildman–Crippen LogP) is 10.8. The highest BCUT2D eigenvalue weighted by atomic mass is 16.3. The third-order valence-corrected chi connectivity index (χ3v) is 12.3. The van der Waals surface area contributed by atoms with Gasteiger partial charge in [-0.1, -0.05) is 173 Å². The first-order valence-electron chi connectivity index (χ1n) is 21.2. The second kappa shape index (κ2) is 31.8. The molecule has 0 amide bonds. The lowest BCUT2D eigenvalue weighted by Crippen LogP contribution is -2.50. The maximum absolute atomic E-state index is 10.4. The van der Waals surface area contributed by atoms with Gasteiger partial charge in [0.15, 0.2) is 0 Å². The third kappa shape index (κ3) is 19.7. The first-order chi connectivity index (χ1) is 23.2. The zero-order chi connectivity index (χ0) is 34.2. The SMILES string of the molecule is OCCC1CCCCCCCCCCCCCCCCCCCCCCCCCCCCCC(CCO)(CCO)C1(CCO)CCO. The summed E-state index contributed by atoms with van der Waals surface area (Å²) < 4.78 is 0. The number of aliphatic hydroxyl groups is 5. The monoisotopic (exact) mass is 669 g/mol. The molecule has 0 aliphatic heterocycles. The Balaban J connectivity index is 2.89. The fourth-order valence-corrected chi connectivity index (χ4v) is 9.57. The summed E-state index contributed by atoms with van der Waals surface area (Å²) in [4.78, 5) is 0. The minimum atomic E-state index is -0.413. The van der Waals surface area contributed by atoms with Crippen LogP contribution in [0.2, 0.25) is 0 Å². The second-order valence-electron chi connectivity index (χ2n) is 15.6. The molecular weight excluding hydrogens is 584 g/mol. The highest BCUT2D eigenvalue weighted by Crippen LogP contribution is 2.59. The average molecular weight is 669 g/mol. The van der Waals surface area contributed by atoms with Crippen molar-refractivity contribution in [3.05, 3.63) is 0 Å². The van der Waals surface area contributed by atoms with E-state index in [1.807, 2.05) is 0 Å². The molecule has 282 valence electrons. The van der Waals surface area contributed by atoms with Gasteiger partial charge in [0.1, 0.15) is 0 Å². The van der Waals surface area contributed by atoms with Crippen molar-refractivity contribution in [2.24, 2.45) is 16.7 Å². The van der Waals surface area contributed by atoms with E-state index in [9.17, 15) is 25.5 Å². The molecular formula is C42H84O5. The standard InChI is InChI=1S/C42H84O5/c43-35-29-40-28-26-24-22-20-18-16-14-12-10-8-6-4-2-1-3-5-7-9-11-13-15-17-19-21-23-25-27-30-41(31-36-44,32-37-45)42(40,33-38-46)34-39-47/h40,43-47H,1-39H2. The maximum Gasteiger partial charge on any atom is 0.0436 e. The Morgan fingerprint density at radius 1 is 0.319 bits per heavy atom. The zero-order valence-electron chi connectivity index (χ0n) is 31.4. The summed E-state index contributed by atoms with van der Waals surface area (Å²) in [5.74, 6) is 0.152. The average Bonchev–Trinajstić information content (AvgIpc) is 3.06. The quantitative estimate of drug-likeness (QED) is 0.159. The molecule has 1 saturated carbocycles. The van der Waals surface area contributed by atoms with Gasteiger partial charge in [0.05, 0.1) is 0 Å². The van der Waals surface area contributed by atoms with E-state index < -0.39 is 5.41 Å².